The van der Waals surface area contributed by atoms with Gasteiger partial charge in [-0.05, 0) is 49.9 Å². The van der Waals surface area contributed by atoms with Crippen LogP contribution >= 0.6 is 0 Å². The van der Waals surface area contributed by atoms with E-state index in [1.807, 2.05) is 11.8 Å². The van der Waals surface area contributed by atoms with E-state index in [1.165, 1.54) is 12.1 Å². The fraction of sp³-hybridized carbons (Fsp3) is 0.562. The number of benzene rings is 1. The maximum absolute atomic E-state index is 12.8. The third kappa shape index (κ3) is 4.70. The van der Waals surface area contributed by atoms with Crippen LogP contribution in [0.15, 0.2) is 24.3 Å². The molecule has 21 heavy (non-hydrogen) atoms. The average molecular weight is 294 g/mol. The molecule has 1 aromatic carbocycles. The minimum absolute atomic E-state index is 0.0995. The van der Waals surface area contributed by atoms with E-state index in [1.54, 1.807) is 12.1 Å². The molecule has 1 heterocycles. The van der Waals surface area contributed by atoms with Gasteiger partial charge in [0.2, 0.25) is 5.91 Å². The van der Waals surface area contributed by atoms with E-state index in [0.29, 0.717) is 24.7 Å². The SMILES string of the molecule is C[C@@H](N)[C@H]1CCCN(C(=O)CCOc2ccc(F)cc2)C1. The number of piperidine rings is 1. The maximum Gasteiger partial charge on any atom is 0.226 e. The lowest BCUT2D eigenvalue weighted by molar-refractivity contribution is -0.133. The highest BCUT2D eigenvalue weighted by atomic mass is 19.1. The molecule has 4 nitrogen and oxygen atoms in total. The van der Waals surface area contributed by atoms with Crippen LogP contribution < -0.4 is 10.5 Å². The Balaban J connectivity index is 1.75. The Kier molecular flexibility index (Phi) is 5.56. The summed E-state index contributed by atoms with van der Waals surface area (Å²) >= 11 is 0. The first kappa shape index (κ1) is 15.8. The van der Waals surface area contributed by atoms with E-state index in [4.69, 9.17) is 10.5 Å². The highest BCUT2D eigenvalue weighted by Gasteiger charge is 2.25. The van der Waals surface area contributed by atoms with E-state index >= 15 is 0 Å². The van der Waals surface area contributed by atoms with Crippen LogP contribution in [-0.4, -0.2) is 36.5 Å². The normalized spacial score (nSPS) is 20.1. The Morgan fingerprint density at radius 2 is 2.19 bits per heavy atom. The van der Waals surface area contributed by atoms with E-state index in [9.17, 15) is 9.18 Å². The molecule has 0 saturated carbocycles. The number of ether oxygens (including phenoxy) is 1. The molecule has 116 valence electrons. The minimum Gasteiger partial charge on any atom is -0.493 e. The van der Waals surface area contributed by atoms with Crippen LogP contribution in [0.3, 0.4) is 0 Å². The molecule has 0 bridgehead atoms. The second kappa shape index (κ2) is 7.41. The van der Waals surface area contributed by atoms with Crippen LogP contribution in [0.25, 0.3) is 0 Å². The first-order chi connectivity index (χ1) is 10.1. The van der Waals surface area contributed by atoms with Crippen LogP contribution in [-0.2, 0) is 4.79 Å². The molecular formula is C16H23FN2O2. The molecule has 0 radical (unpaired) electrons. The first-order valence-corrected chi connectivity index (χ1v) is 7.48. The molecule has 2 atom stereocenters. The van der Waals surface area contributed by atoms with Gasteiger partial charge < -0.3 is 15.4 Å². The van der Waals surface area contributed by atoms with Gasteiger partial charge in [0.05, 0.1) is 13.0 Å². The summed E-state index contributed by atoms with van der Waals surface area (Å²) < 4.78 is 18.2. The van der Waals surface area contributed by atoms with Crippen molar-refractivity contribution in [3.05, 3.63) is 30.1 Å². The molecule has 2 N–H and O–H groups in total. The Morgan fingerprint density at radius 1 is 1.48 bits per heavy atom. The average Bonchev–Trinajstić information content (AvgIpc) is 2.49. The van der Waals surface area contributed by atoms with Crippen molar-refractivity contribution < 1.29 is 13.9 Å². The number of carbonyl (C=O) groups is 1. The predicted octanol–water partition coefficient (Wildman–Crippen LogP) is 2.18. The van der Waals surface area contributed by atoms with Crippen LogP contribution in [0, 0.1) is 11.7 Å². The lowest BCUT2D eigenvalue weighted by Crippen LogP contribution is -2.45. The molecule has 1 amide bonds. The number of nitrogens with zero attached hydrogens (tertiary/aromatic N) is 1. The van der Waals surface area contributed by atoms with Crippen molar-refractivity contribution in [3.8, 4) is 5.75 Å². The van der Waals surface area contributed by atoms with Gasteiger partial charge in [-0.1, -0.05) is 0 Å². The van der Waals surface area contributed by atoms with E-state index in [0.717, 1.165) is 25.9 Å². The third-order valence-corrected chi connectivity index (χ3v) is 3.95. The number of halogens is 1. The Bertz CT molecular complexity index is 462. The highest BCUT2D eigenvalue weighted by Crippen LogP contribution is 2.19. The van der Waals surface area contributed by atoms with Crippen molar-refractivity contribution in [2.75, 3.05) is 19.7 Å². The van der Waals surface area contributed by atoms with Gasteiger partial charge in [-0.15, -0.1) is 0 Å². The van der Waals surface area contributed by atoms with Gasteiger partial charge in [-0.25, -0.2) is 4.39 Å². The molecule has 2 rings (SSSR count). The second-order valence-electron chi connectivity index (χ2n) is 5.65. The number of rotatable bonds is 5. The molecule has 1 aliphatic heterocycles. The summed E-state index contributed by atoms with van der Waals surface area (Å²) in [6.07, 6.45) is 2.44. The lowest BCUT2D eigenvalue weighted by atomic mass is 9.92. The third-order valence-electron chi connectivity index (χ3n) is 3.95. The molecule has 0 spiro atoms. The van der Waals surface area contributed by atoms with E-state index < -0.39 is 0 Å². The molecule has 1 aromatic rings. The molecule has 1 fully saturated rings. The number of nitrogens with two attached hydrogens (primary N) is 1. The van der Waals surface area contributed by atoms with Gasteiger partial charge >= 0.3 is 0 Å². The summed E-state index contributed by atoms with van der Waals surface area (Å²) in [7, 11) is 0. The standard InChI is InChI=1S/C16H23FN2O2/c1-12(18)13-3-2-9-19(11-13)16(20)8-10-21-15-6-4-14(17)5-7-15/h4-7,12-13H,2-3,8-11,18H2,1H3/t12-,13+/m1/s1. The number of hydrogen-bond acceptors (Lipinski definition) is 3. The molecule has 1 saturated heterocycles. The quantitative estimate of drug-likeness (QED) is 0.905. The van der Waals surface area contributed by atoms with Gasteiger partial charge in [0, 0.05) is 19.1 Å². The second-order valence-corrected chi connectivity index (χ2v) is 5.65. The first-order valence-electron chi connectivity index (χ1n) is 7.48. The summed E-state index contributed by atoms with van der Waals surface area (Å²) in [6, 6.07) is 5.93. The largest absolute Gasteiger partial charge is 0.493 e. The van der Waals surface area contributed by atoms with Gasteiger partial charge in [-0.2, -0.15) is 0 Å². The van der Waals surface area contributed by atoms with Gasteiger partial charge in [0.15, 0.2) is 0 Å². The van der Waals surface area contributed by atoms with Crippen molar-refractivity contribution in [2.45, 2.75) is 32.2 Å². The molecule has 0 aliphatic carbocycles. The topological polar surface area (TPSA) is 55.6 Å². The number of amides is 1. The van der Waals surface area contributed by atoms with Gasteiger partial charge in [-0.3, -0.25) is 4.79 Å². The van der Waals surface area contributed by atoms with Gasteiger partial charge in [0.1, 0.15) is 11.6 Å². The zero-order valence-corrected chi connectivity index (χ0v) is 12.4. The van der Waals surface area contributed by atoms with Crippen LogP contribution in [0.2, 0.25) is 0 Å². The smallest absolute Gasteiger partial charge is 0.226 e. The van der Waals surface area contributed by atoms with Crippen molar-refractivity contribution in [3.63, 3.8) is 0 Å². The van der Waals surface area contributed by atoms with Crippen LogP contribution in [0.4, 0.5) is 4.39 Å². The fourth-order valence-corrected chi connectivity index (χ4v) is 2.61. The lowest BCUT2D eigenvalue weighted by Gasteiger charge is -2.34. The van der Waals surface area contributed by atoms with Crippen molar-refractivity contribution in [1.29, 1.82) is 0 Å². The maximum atomic E-state index is 12.8. The molecule has 1 aliphatic rings. The molecule has 5 heteroatoms. The van der Waals surface area contributed by atoms with Crippen LogP contribution in [0.5, 0.6) is 5.75 Å². The van der Waals surface area contributed by atoms with Crippen molar-refractivity contribution in [1.82, 2.24) is 4.90 Å². The Morgan fingerprint density at radius 3 is 2.86 bits per heavy atom. The summed E-state index contributed by atoms with van der Waals surface area (Å²) in [4.78, 5) is 14.0. The molecule has 0 aromatic heterocycles. The minimum atomic E-state index is -0.298. The van der Waals surface area contributed by atoms with Crippen LogP contribution in [0.1, 0.15) is 26.2 Å². The highest BCUT2D eigenvalue weighted by molar-refractivity contribution is 5.76. The number of hydrogen-bond donors (Lipinski definition) is 1. The van der Waals surface area contributed by atoms with Crippen molar-refractivity contribution >= 4 is 5.91 Å². The van der Waals surface area contributed by atoms with Crippen molar-refractivity contribution in [2.24, 2.45) is 11.7 Å². The summed E-state index contributed by atoms with van der Waals surface area (Å²) in [5.74, 6) is 0.771. The van der Waals surface area contributed by atoms with E-state index in [-0.39, 0.29) is 17.8 Å². The fourth-order valence-electron chi connectivity index (χ4n) is 2.61. The van der Waals surface area contributed by atoms with E-state index in [2.05, 4.69) is 0 Å². The summed E-state index contributed by atoms with van der Waals surface area (Å²) in [5.41, 5.74) is 5.92. The zero-order valence-electron chi connectivity index (χ0n) is 12.4. The number of likely N-dealkylation sites (tertiary alicyclic amines) is 1. The summed E-state index contributed by atoms with van der Waals surface area (Å²) in [6.45, 7) is 3.85. The predicted molar refractivity (Wildman–Crippen MR) is 79.5 cm³/mol. The summed E-state index contributed by atoms with van der Waals surface area (Å²) in [5, 5.41) is 0. The Labute approximate surface area is 125 Å². The monoisotopic (exact) mass is 294 g/mol. The molecular weight excluding hydrogens is 271 g/mol. The number of carbonyl (C=O) groups excluding carboxylic acids is 1. The Hall–Kier alpha value is -1.62. The van der Waals surface area contributed by atoms with Gasteiger partial charge in [0.25, 0.3) is 0 Å². The zero-order chi connectivity index (χ0) is 15.2. The molecule has 0 unspecified atom stereocenters.